The molecule has 0 radical (unpaired) electrons. The van der Waals surface area contributed by atoms with E-state index in [0.29, 0.717) is 16.7 Å². The first-order valence-electron chi connectivity index (χ1n) is 9.85. The fourth-order valence-electron chi connectivity index (χ4n) is 3.66. The van der Waals surface area contributed by atoms with Crippen LogP contribution in [0.25, 0.3) is 22.3 Å². The summed E-state index contributed by atoms with van der Waals surface area (Å²) in [5.74, 6) is -0.808. The molecule has 6 heteroatoms. The lowest BCUT2D eigenvalue weighted by Gasteiger charge is -2.29. The highest BCUT2D eigenvalue weighted by atomic mass is 19.1. The molecule has 2 N–H and O–H groups in total. The van der Waals surface area contributed by atoms with Crippen LogP contribution in [-0.2, 0) is 9.53 Å². The number of aromatic hydroxyl groups is 1. The van der Waals surface area contributed by atoms with Gasteiger partial charge in [0.2, 0.25) is 5.91 Å². The molecule has 0 saturated carbocycles. The number of nitrogens with zero attached hydrogens (tertiary/aromatic N) is 1. The molecule has 1 heterocycles. The monoisotopic (exact) mass is 406 g/mol. The summed E-state index contributed by atoms with van der Waals surface area (Å²) in [6.45, 7) is 4.50. The highest BCUT2D eigenvalue weighted by Gasteiger charge is 2.15. The average Bonchev–Trinajstić information content (AvgIpc) is 2.76. The number of ether oxygens (including phenoxy) is 1. The van der Waals surface area contributed by atoms with E-state index in [0.717, 1.165) is 37.6 Å². The Balaban J connectivity index is 1.63. The molecule has 5 nitrogen and oxygen atoms in total. The Morgan fingerprint density at radius 2 is 1.63 bits per heavy atom. The Morgan fingerprint density at radius 1 is 1.00 bits per heavy atom. The third-order valence-electron chi connectivity index (χ3n) is 5.18. The van der Waals surface area contributed by atoms with Crippen molar-refractivity contribution in [3.8, 4) is 28.0 Å². The molecule has 30 heavy (non-hydrogen) atoms. The van der Waals surface area contributed by atoms with Crippen molar-refractivity contribution in [2.24, 2.45) is 0 Å². The van der Waals surface area contributed by atoms with Gasteiger partial charge in [-0.2, -0.15) is 0 Å². The summed E-state index contributed by atoms with van der Waals surface area (Å²) in [7, 11) is 0. The van der Waals surface area contributed by atoms with Crippen molar-refractivity contribution in [1.29, 1.82) is 0 Å². The predicted octanol–water partition coefficient (Wildman–Crippen LogP) is 4.66. The van der Waals surface area contributed by atoms with Crippen molar-refractivity contribution in [3.05, 3.63) is 66.5 Å². The molecule has 3 aromatic rings. The van der Waals surface area contributed by atoms with Gasteiger partial charge in [0.25, 0.3) is 0 Å². The molecule has 0 spiro atoms. The number of rotatable bonds is 4. The Labute approximate surface area is 174 Å². The highest BCUT2D eigenvalue weighted by Crippen LogP contribution is 2.39. The number of nitrogens with one attached hydrogen (secondary N) is 1. The number of amides is 1. The van der Waals surface area contributed by atoms with E-state index in [1.807, 2.05) is 36.4 Å². The minimum Gasteiger partial charge on any atom is -0.507 e. The van der Waals surface area contributed by atoms with Crippen molar-refractivity contribution in [3.63, 3.8) is 0 Å². The molecule has 1 fully saturated rings. The molecule has 1 saturated heterocycles. The van der Waals surface area contributed by atoms with E-state index >= 15 is 0 Å². The molecular formula is C24H23FN2O3. The van der Waals surface area contributed by atoms with Crippen LogP contribution in [0.3, 0.4) is 0 Å². The lowest BCUT2D eigenvalue weighted by Crippen LogP contribution is -2.36. The molecular weight excluding hydrogens is 383 g/mol. The summed E-state index contributed by atoms with van der Waals surface area (Å²) < 4.78 is 19.8. The van der Waals surface area contributed by atoms with E-state index in [1.165, 1.54) is 19.1 Å². The summed E-state index contributed by atoms with van der Waals surface area (Å²) in [6.07, 6.45) is 0. The zero-order valence-electron chi connectivity index (χ0n) is 16.7. The second kappa shape index (κ2) is 8.55. The van der Waals surface area contributed by atoms with Gasteiger partial charge in [-0.3, -0.25) is 4.79 Å². The summed E-state index contributed by atoms with van der Waals surface area (Å²) in [5.41, 5.74) is 3.84. The van der Waals surface area contributed by atoms with E-state index in [4.69, 9.17) is 4.74 Å². The van der Waals surface area contributed by atoms with E-state index in [1.54, 1.807) is 12.1 Å². The van der Waals surface area contributed by atoms with Gasteiger partial charge in [0, 0.05) is 36.8 Å². The molecule has 1 aliphatic rings. The number of hydrogen-bond acceptors (Lipinski definition) is 4. The second-order valence-electron chi connectivity index (χ2n) is 7.22. The maximum atomic E-state index is 14.4. The van der Waals surface area contributed by atoms with Gasteiger partial charge in [-0.05, 0) is 35.4 Å². The number of phenolic OH excluding ortho intramolecular Hbond substituents is 1. The molecule has 4 rings (SSSR count). The molecule has 0 atom stereocenters. The maximum absolute atomic E-state index is 14.4. The van der Waals surface area contributed by atoms with E-state index in [9.17, 15) is 14.3 Å². The lowest BCUT2D eigenvalue weighted by atomic mass is 9.97. The quantitative estimate of drug-likeness (QED) is 0.662. The number of hydrogen-bond donors (Lipinski definition) is 2. The third kappa shape index (κ3) is 4.14. The number of anilines is 2. The van der Waals surface area contributed by atoms with Crippen molar-refractivity contribution >= 4 is 17.3 Å². The molecule has 154 valence electrons. The van der Waals surface area contributed by atoms with Crippen LogP contribution in [0.5, 0.6) is 5.75 Å². The van der Waals surface area contributed by atoms with Crippen LogP contribution < -0.4 is 10.2 Å². The van der Waals surface area contributed by atoms with E-state index in [-0.39, 0.29) is 17.3 Å². The van der Waals surface area contributed by atoms with Crippen LogP contribution in [0.15, 0.2) is 60.7 Å². The lowest BCUT2D eigenvalue weighted by molar-refractivity contribution is -0.114. The van der Waals surface area contributed by atoms with Crippen molar-refractivity contribution in [1.82, 2.24) is 0 Å². The average molecular weight is 406 g/mol. The van der Waals surface area contributed by atoms with Gasteiger partial charge in [-0.15, -0.1) is 0 Å². The van der Waals surface area contributed by atoms with Crippen LogP contribution >= 0.6 is 0 Å². The number of benzene rings is 3. The standard InChI is InChI=1S/C24H23FN2O3/c1-16(28)26-23-10-7-18(15-22(23)25)21-4-2-3-20(24(21)29)17-5-8-19(9-6-17)27-11-13-30-14-12-27/h2-10,15,29H,11-14H2,1H3,(H,26,28). The number of carbonyl (C=O) groups is 1. The Hall–Kier alpha value is -3.38. The van der Waals surface area contributed by atoms with Gasteiger partial charge in [0.15, 0.2) is 0 Å². The number of carbonyl (C=O) groups excluding carboxylic acids is 1. The molecule has 0 unspecified atom stereocenters. The number of halogens is 1. The van der Waals surface area contributed by atoms with Crippen LogP contribution in [0.4, 0.5) is 15.8 Å². The van der Waals surface area contributed by atoms with Gasteiger partial charge in [0.1, 0.15) is 11.6 Å². The molecule has 0 bridgehead atoms. The first kappa shape index (κ1) is 19.9. The number of phenols is 1. The Kier molecular flexibility index (Phi) is 5.68. The maximum Gasteiger partial charge on any atom is 0.221 e. The summed E-state index contributed by atoms with van der Waals surface area (Å²) in [5, 5.41) is 13.3. The number of para-hydroxylation sites is 1. The topological polar surface area (TPSA) is 61.8 Å². The fourth-order valence-corrected chi connectivity index (χ4v) is 3.66. The van der Waals surface area contributed by atoms with Crippen molar-refractivity contribution in [2.45, 2.75) is 6.92 Å². The van der Waals surface area contributed by atoms with Crippen LogP contribution in [-0.4, -0.2) is 37.3 Å². The van der Waals surface area contributed by atoms with Crippen LogP contribution in [0, 0.1) is 5.82 Å². The third-order valence-corrected chi connectivity index (χ3v) is 5.18. The Morgan fingerprint density at radius 3 is 2.27 bits per heavy atom. The van der Waals surface area contributed by atoms with Crippen molar-refractivity contribution in [2.75, 3.05) is 36.5 Å². The van der Waals surface area contributed by atoms with Gasteiger partial charge in [-0.25, -0.2) is 4.39 Å². The zero-order chi connectivity index (χ0) is 21.1. The first-order valence-corrected chi connectivity index (χ1v) is 9.85. The molecule has 3 aromatic carbocycles. The minimum absolute atomic E-state index is 0.0864. The first-order chi connectivity index (χ1) is 14.5. The minimum atomic E-state index is -0.553. The van der Waals surface area contributed by atoms with Gasteiger partial charge < -0.3 is 20.1 Å². The van der Waals surface area contributed by atoms with Gasteiger partial charge >= 0.3 is 0 Å². The van der Waals surface area contributed by atoms with Gasteiger partial charge in [0.05, 0.1) is 18.9 Å². The summed E-state index contributed by atoms with van der Waals surface area (Å²) >= 11 is 0. The molecule has 1 amide bonds. The van der Waals surface area contributed by atoms with Crippen LogP contribution in [0.2, 0.25) is 0 Å². The smallest absolute Gasteiger partial charge is 0.221 e. The fraction of sp³-hybridized carbons (Fsp3) is 0.208. The molecule has 0 aromatic heterocycles. The van der Waals surface area contributed by atoms with Crippen molar-refractivity contribution < 1.29 is 19.0 Å². The number of morpholine rings is 1. The Bertz CT molecular complexity index is 1060. The largest absolute Gasteiger partial charge is 0.507 e. The second-order valence-corrected chi connectivity index (χ2v) is 7.22. The highest BCUT2D eigenvalue weighted by molar-refractivity contribution is 5.89. The van der Waals surface area contributed by atoms with E-state index in [2.05, 4.69) is 10.2 Å². The summed E-state index contributed by atoms with van der Waals surface area (Å²) in [4.78, 5) is 13.4. The molecule has 0 aliphatic carbocycles. The normalized spacial score (nSPS) is 13.9. The zero-order valence-corrected chi connectivity index (χ0v) is 16.7. The van der Waals surface area contributed by atoms with E-state index < -0.39 is 5.82 Å². The molecule has 1 aliphatic heterocycles. The predicted molar refractivity (Wildman–Crippen MR) is 116 cm³/mol. The van der Waals surface area contributed by atoms with Crippen LogP contribution in [0.1, 0.15) is 6.92 Å². The summed E-state index contributed by atoms with van der Waals surface area (Å²) in [6, 6.07) is 17.9. The SMILES string of the molecule is CC(=O)Nc1ccc(-c2cccc(-c3ccc(N4CCOCC4)cc3)c2O)cc1F. The van der Waals surface area contributed by atoms with Gasteiger partial charge in [-0.1, -0.05) is 36.4 Å².